The van der Waals surface area contributed by atoms with Gasteiger partial charge in [0.25, 0.3) is 0 Å². The van der Waals surface area contributed by atoms with Gasteiger partial charge in [0.2, 0.25) is 12.7 Å². The molecule has 1 amide bonds. The molecule has 0 saturated heterocycles. The van der Waals surface area contributed by atoms with Crippen molar-refractivity contribution in [1.29, 1.82) is 0 Å². The lowest BCUT2D eigenvalue weighted by molar-refractivity contribution is -0.122. The standard InChI is InChI=1S/C18H16ClNO3/c19-15-4-2-1-3-12(15)13-8-14(13)18(21)20-9-11-5-6-16-17(7-11)23-10-22-16/h1-7,13-14H,8-10H2,(H,20,21). The van der Waals surface area contributed by atoms with Crippen molar-refractivity contribution in [2.45, 2.75) is 18.9 Å². The van der Waals surface area contributed by atoms with Crippen LogP contribution in [0.4, 0.5) is 0 Å². The van der Waals surface area contributed by atoms with Gasteiger partial charge in [-0.3, -0.25) is 4.79 Å². The molecule has 2 unspecified atom stereocenters. The minimum absolute atomic E-state index is 0.0175. The first-order valence-corrected chi connectivity index (χ1v) is 8.01. The SMILES string of the molecule is O=C(NCc1ccc2c(c1)OCO2)C1CC1c1ccccc1Cl. The second kappa shape index (κ2) is 5.78. The van der Waals surface area contributed by atoms with E-state index in [2.05, 4.69) is 5.32 Å². The molecule has 1 fully saturated rings. The van der Waals surface area contributed by atoms with Crippen molar-refractivity contribution >= 4 is 17.5 Å². The summed E-state index contributed by atoms with van der Waals surface area (Å²) < 4.78 is 10.6. The fourth-order valence-electron chi connectivity index (χ4n) is 2.98. The van der Waals surface area contributed by atoms with E-state index >= 15 is 0 Å². The van der Waals surface area contributed by atoms with Gasteiger partial charge in [0.05, 0.1) is 0 Å². The number of nitrogens with one attached hydrogen (secondary N) is 1. The number of halogens is 1. The molecular formula is C18H16ClNO3. The molecule has 1 aliphatic heterocycles. The average molecular weight is 330 g/mol. The zero-order valence-corrected chi connectivity index (χ0v) is 13.2. The molecule has 4 rings (SSSR count). The summed E-state index contributed by atoms with van der Waals surface area (Å²) in [5.74, 6) is 1.81. The van der Waals surface area contributed by atoms with E-state index in [1.54, 1.807) is 0 Å². The third-order valence-electron chi connectivity index (χ3n) is 4.34. The summed E-state index contributed by atoms with van der Waals surface area (Å²) in [6, 6.07) is 13.4. The molecule has 0 bridgehead atoms. The van der Waals surface area contributed by atoms with Crippen molar-refractivity contribution in [2.24, 2.45) is 5.92 Å². The van der Waals surface area contributed by atoms with Crippen molar-refractivity contribution < 1.29 is 14.3 Å². The Bertz CT molecular complexity index is 762. The zero-order valence-electron chi connectivity index (χ0n) is 12.4. The number of amides is 1. The quantitative estimate of drug-likeness (QED) is 0.934. The molecule has 0 spiro atoms. The fourth-order valence-corrected chi connectivity index (χ4v) is 3.25. The van der Waals surface area contributed by atoms with E-state index in [9.17, 15) is 4.79 Å². The van der Waals surface area contributed by atoms with Crippen molar-refractivity contribution in [3.8, 4) is 11.5 Å². The molecular weight excluding hydrogens is 314 g/mol. The smallest absolute Gasteiger partial charge is 0.231 e. The molecule has 4 nitrogen and oxygen atoms in total. The highest BCUT2D eigenvalue weighted by Crippen LogP contribution is 2.49. The number of ether oxygens (including phenoxy) is 2. The van der Waals surface area contributed by atoms with Crippen molar-refractivity contribution in [1.82, 2.24) is 5.32 Å². The van der Waals surface area contributed by atoms with Gasteiger partial charge in [0.15, 0.2) is 11.5 Å². The molecule has 118 valence electrons. The molecule has 5 heteroatoms. The van der Waals surface area contributed by atoms with E-state index in [1.807, 2.05) is 42.5 Å². The Morgan fingerprint density at radius 3 is 2.87 bits per heavy atom. The number of rotatable bonds is 4. The number of fused-ring (bicyclic) bond motifs is 1. The van der Waals surface area contributed by atoms with E-state index in [0.29, 0.717) is 6.54 Å². The molecule has 1 N–H and O–H groups in total. The Kier molecular flexibility index (Phi) is 3.62. The lowest BCUT2D eigenvalue weighted by Gasteiger charge is -2.07. The lowest BCUT2D eigenvalue weighted by Crippen LogP contribution is -2.24. The number of hydrogen-bond acceptors (Lipinski definition) is 3. The molecule has 1 heterocycles. The molecule has 2 aromatic carbocycles. The second-order valence-corrected chi connectivity index (χ2v) is 6.28. The van der Waals surface area contributed by atoms with Crippen LogP contribution < -0.4 is 14.8 Å². The van der Waals surface area contributed by atoms with Crippen LogP contribution in [-0.4, -0.2) is 12.7 Å². The van der Waals surface area contributed by atoms with Gasteiger partial charge in [-0.25, -0.2) is 0 Å². The maximum absolute atomic E-state index is 12.3. The number of benzene rings is 2. The molecule has 2 atom stereocenters. The summed E-state index contributed by atoms with van der Waals surface area (Å²) in [4.78, 5) is 12.3. The summed E-state index contributed by atoms with van der Waals surface area (Å²) in [6.45, 7) is 0.744. The largest absolute Gasteiger partial charge is 0.454 e. The second-order valence-electron chi connectivity index (χ2n) is 5.88. The van der Waals surface area contributed by atoms with Crippen LogP contribution in [0, 0.1) is 5.92 Å². The first-order valence-electron chi connectivity index (χ1n) is 7.63. The van der Waals surface area contributed by atoms with Crippen molar-refractivity contribution in [3.63, 3.8) is 0 Å². The van der Waals surface area contributed by atoms with Gasteiger partial charge < -0.3 is 14.8 Å². The Hall–Kier alpha value is -2.20. The average Bonchev–Trinajstić information content (AvgIpc) is 3.22. The molecule has 2 aliphatic rings. The van der Waals surface area contributed by atoms with Gasteiger partial charge in [0.1, 0.15) is 0 Å². The Balaban J connectivity index is 1.36. The van der Waals surface area contributed by atoms with E-state index in [0.717, 1.165) is 34.1 Å². The normalized spacial score (nSPS) is 21.1. The number of carbonyl (C=O) groups is 1. The van der Waals surface area contributed by atoms with E-state index in [1.165, 1.54) is 0 Å². The van der Waals surface area contributed by atoms with Crippen LogP contribution in [-0.2, 0) is 11.3 Å². The highest BCUT2D eigenvalue weighted by molar-refractivity contribution is 6.31. The van der Waals surface area contributed by atoms with Crippen molar-refractivity contribution in [3.05, 3.63) is 58.6 Å². The summed E-state index contributed by atoms with van der Waals surface area (Å²) >= 11 is 6.20. The summed E-state index contributed by atoms with van der Waals surface area (Å²) in [5, 5.41) is 3.73. The van der Waals surface area contributed by atoms with Gasteiger partial charge in [-0.2, -0.15) is 0 Å². The van der Waals surface area contributed by atoms with Gasteiger partial charge in [0, 0.05) is 17.5 Å². The summed E-state index contributed by atoms with van der Waals surface area (Å²) in [5.41, 5.74) is 2.06. The summed E-state index contributed by atoms with van der Waals surface area (Å²) in [6.07, 6.45) is 0.858. The minimum Gasteiger partial charge on any atom is -0.454 e. The number of hydrogen-bond donors (Lipinski definition) is 1. The van der Waals surface area contributed by atoms with Gasteiger partial charge in [-0.05, 0) is 41.7 Å². The highest BCUT2D eigenvalue weighted by atomic mass is 35.5. The monoisotopic (exact) mass is 329 g/mol. The molecule has 0 aromatic heterocycles. The first kappa shape index (κ1) is 14.4. The van der Waals surface area contributed by atoms with Crippen molar-refractivity contribution in [2.75, 3.05) is 6.79 Å². The zero-order chi connectivity index (χ0) is 15.8. The van der Waals surface area contributed by atoms with E-state index in [-0.39, 0.29) is 24.5 Å². The Morgan fingerprint density at radius 1 is 1.17 bits per heavy atom. The predicted molar refractivity (Wildman–Crippen MR) is 86.7 cm³/mol. The van der Waals surface area contributed by atoms with Crippen LogP contribution in [0.2, 0.25) is 5.02 Å². The van der Waals surface area contributed by atoms with Crippen LogP contribution in [0.3, 0.4) is 0 Å². The third kappa shape index (κ3) is 2.86. The highest BCUT2D eigenvalue weighted by Gasteiger charge is 2.44. The predicted octanol–water partition coefficient (Wildman–Crippen LogP) is 3.49. The molecule has 1 saturated carbocycles. The van der Waals surface area contributed by atoms with Crippen LogP contribution in [0.1, 0.15) is 23.5 Å². The maximum atomic E-state index is 12.3. The Morgan fingerprint density at radius 2 is 2.00 bits per heavy atom. The fraction of sp³-hybridized carbons (Fsp3) is 0.278. The van der Waals surface area contributed by atoms with E-state index in [4.69, 9.17) is 21.1 Å². The van der Waals surface area contributed by atoms with E-state index < -0.39 is 0 Å². The van der Waals surface area contributed by atoms with Gasteiger partial charge in [-0.15, -0.1) is 0 Å². The van der Waals surface area contributed by atoms with Gasteiger partial charge in [-0.1, -0.05) is 35.9 Å². The maximum Gasteiger partial charge on any atom is 0.231 e. The molecule has 23 heavy (non-hydrogen) atoms. The third-order valence-corrected chi connectivity index (χ3v) is 4.68. The Labute approximate surface area is 139 Å². The molecule has 1 aliphatic carbocycles. The number of carbonyl (C=O) groups excluding carboxylic acids is 1. The van der Waals surface area contributed by atoms with Gasteiger partial charge >= 0.3 is 0 Å². The first-order chi connectivity index (χ1) is 11.2. The minimum atomic E-state index is 0.0175. The topological polar surface area (TPSA) is 47.6 Å². The lowest BCUT2D eigenvalue weighted by atomic mass is 10.1. The van der Waals surface area contributed by atoms with Crippen LogP contribution >= 0.6 is 11.6 Å². The molecule has 0 radical (unpaired) electrons. The van der Waals surface area contributed by atoms with Crippen LogP contribution in [0.25, 0.3) is 0 Å². The van der Waals surface area contributed by atoms with Crippen LogP contribution in [0.5, 0.6) is 11.5 Å². The molecule has 2 aromatic rings. The van der Waals surface area contributed by atoms with Crippen LogP contribution in [0.15, 0.2) is 42.5 Å². The summed E-state index contributed by atoms with van der Waals surface area (Å²) in [7, 11) is 0.